The summed E-state index contributed by atoms with van der Waals surface area (Å²) in [7, 11) is 2.04. The second kappa shape index (κ2) is 4.56. The van der Waals surface area contributed by atoms with Crippen molar-refractivity contribution in [2.45, 2.75) is 33.6 Å². The molecule has 3 nitrogen and oxygen atoms in total. The number of rotatable bonds is 4. The van der Waals surface area contributed by atoms with E-state index in [1.165, 1.54) is 0 Å². The van der Waals surface area contributed by atoms with Crippen LogP contribution in [-0.2, 0) is 18.3 Å². The van der Waals surface area contributed by atoms with Crippen molar-refractivity contribution >= 4 is 16.8 Å². The van der Waals surface area contributed by atoms with Gasteiger partial charge in [0.1, 0.15) is 11.6 Å². The van der Waals surface area contributed by atoms with Crippen molar-refractivity contribution in [3.05, 3.63) is 30.1 Å². The number of imidazole rings is 1. The molecule has 0 atom stereocenters. The number of hydrogen-bond acceptors (Lipinski definition) is 2. The first-order chi connectivity index (χ1) is 8.39. The number of aromatic nitrogens is 2. The Bertz CT molecular complexity index is 581. The molecule has 0 radical (unpaired) electrons. The highest BCUT2D eigenvalue weighted by Crippen LogP contribution is 2.27. The molecule has 0 fully saturated rings. The van der Waals surface area contributed by atoms with Gasteiger partial charge < -0.3 is 9.36 Å². The van der Waals surface area contributed by atoms with Crippen molar-refractivity contribution in [3.63, 3.8) is 0 Å². The molecule has 3 heteroatoms. The Labute approximate surface area is 108 Å². The van der Waals surface area contributed by atoms with Crippen LogP contribution in [0.3, 0.4) is 0 Å². The van der Waals surface area contributed by atoms with Gasteiger partial charge in [0.15, 0.2) is 0 Å². The zero-order valence-electron chi connectivity index (χ0n) is 11.5. The van der Waals surface area contributed by atoms with Gasteiger partial charge in [0, 0.05) is 19.9 Å². The van der Waals surface area contributed by atoms with Gasteiger partial charge in [-0.25, -0.2) is 4.98 Å². The van der Waals surface area contributed by atoms with Crippen LogP contribution < -0.4 is 0 Å². The van der Waals surface area contributed by atoms with Crippen LogP contribution in [0.1, 0.15) is 33.0 Å². The Hall–Kier alpha value is -1.64. The van der Waals surface area contributed by atoms with E-state index in [1.54, 1.807) is 6.92 Å². The maximum atomic E-state index is 11.3. The molecule has 96 valence electrons. The zero-order chi connectivity index (χ0) is 13.3. The minimum absolute atomic E-state index is 0.0407. The van der Waals surface area contributed by atoms with Crippen molar-refractivity contribution in [1.82, 2.24) is 9.55 Å². The van der Waals surface area contributed by atoms with Crippen LogP contribution in [0.2, 0.25) is 0 Å². The Balaban J connectivity index is 2.32. The van der Waals surface area contributed by atoms with E-state index in [4.69, 9.17) is 0 Å². The quantitative estimate of drug-likeness (QED) is 0.828. The summed E-state index contributed by atoms with van der Waals surface area (Å²) >= 11 is 0. The minimum atomic E-state index is -0.0407. The van der Waals surface area contributed by atoms with E-state index in [-0.39, 0.29) is 11.2 Å². The van der Waals surface area contributed by atoms with Crippen LogP contribution in [0.25, 0.3) is 11.0 Å². The first-order valence-corrected chi connectivity index (χ1v) is 6.29. The average molecular weight is 244 g/mol. The fourth-order valence-corrected chi connectivity index (χ4v) is 2.52. The monoisotopic (exact) mass is 244 g/mol. The molecule has 0 amide bonds. The maximum Gasteiger partial charge on any atom is 0.130 e. The summed E-state index contributed by atoms with van der Waals surface area (Å²) in [5, 5.41) is 0. The Morgan fingerprint density at radius 3 is 2.61 bits per heavy atom. The van der Waals surface area contributed by atoms with Gasteiger partial charge in [-0.15, -0.1) is 0 Å². The summed E-state index contributed by atoms with van der Waals surface area (Å²) in [6, 6.07) is 8.12. The van der Waals surface area contributed by atoms with E-state index in [0.717, 1.165) is 23.3 Å². The summed E-state index contributed by atoms with van der Waals surface area (Å²) < 4.78 is 2.12. The predicted octanol–water partition coefficient (Wildman–Crippen LogP) is 3.12. The fraction of sp³-hybridized carbons (Fsp3) is 0.467. The van der Waals surface area contributed by atoms with Gasteiger partial charge in [-0.05, 0) is 24.5 Å². The normalized spacial score (nSPS) is 12.0. The Kier molecular flexibility index (Phi) is 3.24. The highest BCUT2D eigenvalue weighted by Gasteiger charge is 2.23. The highest BCUT2D eigenvalue weighted by molar-refractivity contribution is 5.77. The molecule has 0 aliphatic heterocycles. The van der Waals surface area contributed by atoms with Crippen LogP contribution in [-0.4, -0.2) is 15.3 Å². The summed E-state index contributed by atoms with van der Waals surface area (Å²) in [5.74, 6) is 1.28. The van der Waals surface area contributed by atoms with E-state index in [1.807, 2.05) is 25.2 Å². The first kappa shape index (κ1) is 12.8. The molecule has 0 saturated carbocycles. The van der Waals surface area contributed by atoms with Crippen molar-refractivity contribution in [2.24, 2.45) is 12.5 Å². The number of para-hydroxylation sites is 2. The van der Waals surface area contributed by atoms with Gasteiger partial charge in [0.05, 0.1) is 11.0 Å². The molecule has 0 unspecified atom stereocenters. The van der Waals surface area contributed by atoms with Gasteiger partial charge >= 0.3 is 0 Å². The molecule has 2 aromatic rings. The lowest BCUT2D eigenvalue weighted by Crippen LogP contribution is -2.20. The van der Waals surface area contributed by atoms with E-state index < -0.39 is 0 Å². The van der Waals surface area contributed by atoms with Crippen LogP contribution >= 0.6 is 0 Å². The molecule has 0 N–H and O–H groups in total. The molecular formula is C15H20N2O. The lowest BCUT2D eigenvalue weighted by molar-refractivity contribution is -0.118. The van der Waals surface area contributed by atoms with Gasteiger partial charge in [0.25, 0.3) is 0 Å². The minimum Gasteiger partial charge on any atom is -0.331 e. The van der Waals surface area contributed by atoms with Crippen molar-refractivity contribution in [1.29, 1.82) is 0 Å². The number of nitrogens with zero attached hydrogens (tertiary/aromatic N) is 2. The fourth-order valence-electron chi connectivity index (χ4n) is 2.52. The third-order valence-electron chi connectivity index (χ3n) is 3.24. The van der Waals surface area contributed by atoms with Crippen LogP contribution in [0.4, 0.5) is 0 Å². The van der Waals surface area contributed by atoms with Crippen LogP contribution in [0.5, 0.6) is 0 Å². The first-order valence-electron chi connectivity index (χ1n) is 6.29. The topological polar surface area (TPSA) is 34.9 Å². The molecule has 1 heterocycles. The SMILES string of the molecule is CC(=O)CC(C)(C)Cc1nc2ccccc2n1C. The van der Waals surface area contributed by atoms with Crippen molar-refractivity contribution < 1.29 is 4.79 Å². The van der Waals surface area contributed by atoms with Gasteiger partial charge in [-0.3, -0.25) is 0 Å². The molecule has 0 spiro atoms. The number of Topliss-reactive ketones (excluding diaryl/α,β-unsaturated/α-hetero) is 1. The molecule has 0 aliphatic rings. The standard InChI is InChI=1S/C15H20N2O/c1-11(18)9-15(2,3)10-14-16-12-7-5-6-8-13(12)17(14)4/h5-8H,9-10H2,1-4H3. The lowest BCUT2D eigenvalue weighted by atomic mass is 9.84. The van der Waals surface area contributed by atoms with Crippen molar-refractivity contribution in [2.75, 3.05) is 0 Å². The largest absolute Gasteiger partial charge is 0.331 e. The number of fused-ring (bicyclic) bond motifs is 1. The van der Waals surface area contributed by atoms with Crippen LogP contribution in [0.15, 0.2) is 24.3 Å². The molecule has 0 saturated heterocycles. The molecule has 2 rings (SSSR count). The number of benzene rings is 1. The van der Waals surface area contributed by atoms with Gasteiger partial charge in [-0.2, -0.15) is 0 Å². The molecule has 0 bridgehead atoms. The van der Waals surface area contributed by atoms with Gasteiger partial charge in [-0.1, -0.05) is 26.0 Å². The number of ketones is 1. The second-order valence-electron chi connectivity index (χ2n) is 5.80. The zero-order valence-corrected chi connectivity index (χ0v) is 11.5. The van der Waals surface area contributed by atoms with E-state index in [9.17, 15) is 4.79 Å². The van der Waals surface area contributed by atoms with Gasteiger partial charge in [0.2, 0.25) is 0 Å². The highest BCUT2D eigenvalue weighted by atomic mass is 16.1. The third-order valence-corrected chi connectivity index (χ3v) is 3.24. The lowest BCUT2D eigenvalue weighted by Gasteiger charge is -2.22. The van der Waals surface area contributed by atoms with Crippen LogP contribution in [0, 0.1) is 5.41 Å². The third kappa shape index (κ3) is 2.61. The smallest absolute Gasteiger partial charge is 0.130 e. The molecule has 1 aromatic heterocycles. The van der Waals surface area contributed by atoms with E-state index >= 15 is 0 Å². The molecule has 1 aromatic carbocycles. The van der Waals surface area contributed by atoms with E-state index in [0.29, 0.717) is 6.42 Å². The summed E-state index contributed by atoms with van der Waals surface area (Å²) in [4.78, 5) is 15.9. The maximum absolute atomic E-state index is 11.3. The predicted molar refractivity (Wildman–Crippen MR) is 73.5 cm³/mol. The molecule has 0 aliphatic carbocycles. The number of aryl methyl sites for hydroxylation is 1. The molecular weight excluding hydrogens is 224 g/mol. The van der Waals surface area contributed by atoms with E-state index in [2.05, 4.69) is 29.5 Å². The number of hydrogen-bond donors (Lipinski definition) is 0. The number of carbonyl (C=O) groups is 1. The van der Waals surface area contributed by atoms with Crippen molar-refractivity contribution in [3.8, 4) is 0 Å². The Morgan fingerprint density at radius 2 is 2.00 bits per heavy atom. The summed E-state index contributed by atoms with van der Waals surface area (Å²) in [6.07, 6.45) is 1.41. The average Bonchev–Trinajstić information content (AvgIpc) is 2.54. The summed E-state index contributed by atoms with van der Waals surface area (Å²) in [5.41, 5.74) is 2.13. The molecule has 18 heavy (non-hydrogen) atoms. The number of carbonyl (C=O) groups excluding carboxylic acids is 1. The second-order valence-corrected chi connectivity index (χ2v) is 5.80. The Morgan fingerprint density at radius 1 is 1.33 bits per heavy atom. The summed E-state index contributed by atoms with van der Waals surface area (Å²) in [6.45, 7) is 5.89.